The molecule has 0 aromatic heterocycles. The van der Waals surface area contributed by atoms with Crippen LogP contribution in [0.5, 0.6) is 0 Å². The van der Waals surface area contributed by atoms with Gasteiger partial charge in [0.1, 0.15) is 5.84 Å². The van der Waals surface area contributed by atoms with E-state index >= 15 is 0 Å². The van der Waals surface area contributed by atoms with Gasteiger partial charge in [-0.25, -0.2) is 0 Å². The number of amidine groups is 1. The number of nitrogens with two attached hydrogens (primary N) is 2. The average molecular weight is 360 g/mol. The predicted molar refractivity (Wildman–Crippen MR) is 101 cm³/mol. The highest BCUT2D eigenvalue weighted by molar-refractivity contribution is 5.87. The van der Waals surface area contributed by atoms with Crippen LogP contribution in [0.1, 0.15) is 31.7 Å². The first-order valence-corrected chi connectivity index (χ1v) is 8.98. The highest BCUT2D eigenvalue weighted by atomic mass is 16.4. The molecule has 1 saturated heterocycles. The van der Waals surface area contributed by atoms with Crippen molar-refractivity contribution in [3.05, 3.63) is 29.8 Å². The first kappa shape index (κ1) is 19.8. The number of hydrogen-bond acceptors (Lipinski definition) is 5. The van der Waals surface area contributed by atoms with Gasteiger partial charge in [-0.3, -0.25) is 4.79 Å². The van der Waals surface area contributed by atoms with E-state index in [0.717, 1.165) is 37.2 Å². The van der Waals surface area contributed by atoms with E-state index in [4.69, 9.17) is 17.0 Å². The van der Waals surface area contributed by atoms with Crippen LogP contribution >= 0.6 is 0 Å². The summed E-state index contributed by atoms with van der Waals surface area (Å²) in [5.74, 6) is -1.97. The van der Waals surface area contributed by atoms with E-state index in [1.807, 2.05) is 25.1 Å². The number of anilines is 1. The Labute approximate surface area is 153 Å². The molecule has 3 unspecified atom stereocenters. The average Bonchev–Trinajstić information content (AvgIpc) is 3.04. The van der Waals surface area contributed by atoms with Crippen molar-refractivity contribution in [3.63, 3.8) is 0 Å². The minimum absolute atomic E-state index is 0.0921. The molecule has 3 atom stereocenters. The van der Waals surface area contributed by atoms with E-state index < -0.39 is 17.8 Å². The van der Waals surface area contributed by atoms with Crippen LogP contribution in [0.3, 0.4) is 0 Å². The molecule has 142 valence electrons. The Hall–Kier alpha value is -2.48. The molecule has 26 heavy (non-hydrogen) atoms. The Balaban J connectivity index is 2.25. The molecule has 1 heterocycles. The van der Waals surface area contributed by atoms with E-state index in [9.17, 15) is 9.90 Å². The van der Waals surface area contributed by atoms with E-state index in [0.29, 0.717) is 12.8 Å². The second-order valence-electron chi connectivity index (χ2n) is 6.83. The Morgan fingerprint density at radius 3 is 2.81 bits per heavy atom. The molecule has 8 heteroatoms. The quantitative estimate of drug-likeness (QED) is 0.231. The summed E-state index contributed by atoms with van der Waals surface area (Å²) in [7, 11) is 0. The molecule has 1 aliphatic rings. The highest BCUT2D eigenvalue weighted by Gasteiger charge is 2.31. The molecular formula is C18H28N6O2. The van der Waals surface area contributed by atoms with Gasteiger partial charge in [-0.1, -0.05) is 30.7 Å². The minimum Gasteiger partial charge on any atom is -0.481 e. The van der Waals surface area contributed by atoms with Gasteiger partial charge in [0.2, 0.25) is 0 Å². The zero-order valence-electron chi connectivity index (χ0n) is 15.1. The monoisotopic (exact) mass is 360 g/mol. The maximum absolute atomic E-state index is 11.7. The summed E-state index contributed by atoms with van der Waals surface area (Å²) < 4.78 is 0. The van der Waals surface area contributed by atoms with Crippen LogP contribution in [-0.4, -0.2) is 36.0 Å². The topological polar surface area (TPSA) is 141 Å². The van der Waals surface area contributed by atoms with Crippen LogP contribution in [0, 0.1) is 17.4 Å². The van der Waals surface area contributed by atoms with Crippen LogP contribution in [0.4, 0.5) is 5.69 Å². The lowest BCUT2D eigenvalue weighted by Crippen LogP contribution is -2.36. The second kappa shape index (κ2) is 9.28. The summed E-state index contributed by atoms with van der Waals surface area (Å²) in [5, 5.41) is 16.2. The number of carboxylic acid groups (broad SMARTS) is 1. The number of aliphatic carboxylic acids is 1. The largest absolute Gasteiger partial charge is 0.481 e. The molecule has 0 spiro atoms. The lowest BCUT2D eigenvalue weighted by molar-refractivity contribution is -0.143. The fourth-order valence-electron chi connectivity index (χ4n) is 3.55. The van der Waals surface area contributed by atoms with Crippen LogP contribution in [0.2, 0.25) is 0 Å². The summed E-state index contributed by atoms with van der Waals surface area (Å²) >= 11 is 0. The third kappa shape index (κ3) is 5.01. The summed E-state index contributed by atoms with van der Waals surface area (Å²) in [5.41, 5.74) is 20.9. The summed E-state index contributed by atoms with van der Waals surface area (Å²) in [6, 6.07) is 8.20. The number of nitrogens with one attached hydrogen (secondary N) is 1. The fourth-order valence-corrected chi connectivity index (χ4v) is 3.55. The Kier molecular flexibility index (Phi) is 7.08. The normalized spacial score (nSPS) is 20.0. The summed E-state index contributed by atoms with van der Waals surface area (Å²) in [6.45, 7) is 3.68. The van der Waals surface area contributed by atoms with Gasteiger partial charge in [0.25, 0.3) is 0 Å². The van der Waals surface area contributed by atoms with Gasteiger partial charge in [0.05, 0.1) is 5.92 Å². The van der Waals surface area contributed by atoms with Gasteiger partial charge in [0.15, 0.2) is 0 Å². The summed E-state index contributed by atoms with van der Waals surface area (Å²) in [4.78, 5) is 14.0. The molecule has 0 bridgehead atoms. The number of rotatable bonds is 9. The number of nitrogens with zero attached hydrogens (tertiary/aromatic N) is 3. The highest BCUT2D eigenvalue weighted by Crippen LogP contribution is 2.26. The SMILES string of the molecule is CCCC(C(=O)O)C(Cc1cccc(N2CCC(N)C2)c1)C(N)=NN=N. The van der Waals surface area contributed by atoms with E-state index in [-0.39, 0.29) is 11.9 Å². The number of hydrogen-bond donors (Lipinski definition) is 4. The first-order chi connectivity index (χ1) is 12.5. The third-order valence-electron chi connectivity index (χ3n) is 4.90. The van der Waals surface area contributed by atoms with Gasteiger partial charge >= 0.3 is 5.97 Å². The lowest BCUT2D eigenvalue weighted by Gasteiger charge is -2.24. The van der Waals surface area contributed by atoms with Gasteiger partial charge in [-0.15, -0.1) is 5.10 Å². The second-order valence-corrected chi connectivity index (χ2v) is 6.83. The van der Waals surface area contributed by atoms with Crippen molar-refractivity contribution < 1.29 is 9.90 Å². The maximum Gasteiger partial charge on any atom is 0.307 e. The van der Waals surface area contributed by atoms with Gasteiger partial charge < -0.3 is 21.5 Å². The zero-order chi connectivity index (χ0) is 19.1. The van der Waals surface area contributed by atoms with Crippen LogP contribution in [-0.2, 0) is 11.2 Å². The van der Waals surface area contributed by atoms with E-state index in [1.54, 1.807) is 0 Å². The van der Waals surface area contributed by atoms with Crippen molar-refractivity contribution in [2.24, 2.45) is 33.6 Å². The van der Waals surface area contributed by atoms with Crippen LogP contribution in [0.15, 0.2) is 34.6 Å². The molecule has 0 amide bonds. The molecule has 1 aliphatic heterocycles. The smallest absolute Gasteiger partial charge is 0.307 e. The third-order valence-corrected chi connectivity index (χ3v) is 4.90. The molecule has 0 radical (unpaired) electrons. The van der Waals surface area contributed by atoms with Crippen LogP contribution in [0.25, 0.3) is 0 Å². The van der Waals surface area contributed by atoms with E-state index in [2.05, 4.69) is 21.3 Å². The number of carboxylic acids is 1. The van der Waals surface area contributed by atoms with Gasteiger partial charge in [-0.05, 0) is 37.0 Å². The Morgan fingerprint density at radius 1 is 1.46 bits per heavy atom. The first-order valence-electron chi connectivity index (χ1n) is 8.98. The number of benzene rings is 1. The molecule has 1 fully saturated rings. The fraction of sp³-hybridized carbons (Fsp3) is 0.556. The van der Waals surface area contributed by atoms with Crippen molar-refractivity contribution in [2.45, 2.75) is 38.6 Å². The molecule has 0 aliphatic carbocycles. The molecule has 6 N–H and O–H groups in total. The maximum atomic E-state index is 11.7. The van der Waals surface area contributed by atoms with Crippen LogP contribution < -0.4 is 16.4 Å². The Morgan fingerprint density at radius 2 is 2.23 bits per heavy atom. The van der Waals surface area contributed by atoms with Crippen molar-refractivity contribution in [1.29, 1.82) is 5.53 Å². The Bertz CT molecular complexity index is 663. The van der Waals surface area contributed by atoms with Crippen molar-refractivity contribution in [1.82, 2.24) is 0 Å². The molecule has 8 nitrogen and oxygen atoms in total. The van der Waals surface area contributed by atoms with E-state index in [1.165, 1.54) is 0 Å². The molecule has 0 saturated carbocycles. The summed E-state index contributed by atoms with van der Waals surface area (Å²) in [6.07, 6.45) is 2.63. The van der Waals surface area contributed by atoms with Gasteiger partial charge in [-0.2, -0.15) is 5.53 Å². The van der Waals surface area contributed by atoms with Crippen molar-refractivity contribution in [2.75, 3.05) is 18.0 Å². The van der Waals surface area contributed by atoms with Gasteiger partial charge in [0, 0.05) is 30.7 Å². The molecule has 1 aromatic rings. The molecular weight excluding hydrogens is 332 g/mol. The standard InChI is InChI=1S/C18H28N6O2/c1-2-4-15(18(25)26)16(17(20)22-23-21)10-12-5-3-6-14(9-12)24-8-7-13(19)11-24/h3,5-6,9,13,15-16H,2,4,7-8,10-11,19H2,1H3,(H,25,26)(H3,20,21,22). The number of carbonyl (C=O) groups is 1. The molecule has 2 rings (SSSR count). The molecule has 1 aromatic carbocycles. The van der Waals surface area contributed by atoms with Crippen molar-refractivity contribution >= 4 is 17.5 Å². The van der Waals surface area contributed by atoms with Crippen molar-refractivity contribution in [3.8, 4) is 0 Å². The zero-order valence-corrected chi connectivity index (χ0v) is 15.1. The minimum atomic E-state index is -0.901. The lowest BCUT2D eigenvalue weighted by atomic mass is 9.83. The predicted octanol–water partition coefficient (Wildman–Crippen LogP) is 2.19.